The standard InChI is InChI=1S/C9H9F4IN2/c10-5-3-8(7(15)4-6(5)14)16-2-1-9(11,12)13/h3-4,16H,1-2,15H2. The van der Waals surface area contributed by atoms with E-state index < -0.39 is 18.4 Å². The zero-order valence-electron chi connectivity index (χ0n) is 8.04. The summed E-state index contributed by atoms with van der Waals surface area (Å²) in [5.74, 6) is -0.510. The first kappa shape index (κ1) is 13.3. The Labute approximate surface area is 103 Å². The van der Waals surface area contributed by atoms with Gasteiger partial charge in [0.05, 0.1) is 21.4 Å². The lowest BCUT2D eigenvalue weighted by Crippen LogP contribution is -2.15. The molecule has 1 aromatic carbocycles. The monoisotopic (exact) mass is 348 g/mol. The SMILES string of the molecule is Nc1cc(I)c(F)cc1NCCC(F)(F)F. The molecule has 0 fully saturated rings. The van der Waals surface area contributed by atoms with Crippen molar-refractivity contribution < 1.29 is 17.6 Å². The summed E-state index contributed by atoms with van der Waals surface area (Å²) in [6, 6.07) is 2.46. The van der Waals surface area contributed by atoms with Crippen LogP contribution in [-0.2, 0) is 0 Å². The number of rotatable bonds is 3. The first-order valence-corrected chi connectivity index (χ1v) is 5.42. The molecule has 0 saturated carbocycles. The average Bonchev–Trinajstić information content (AvgIpc) is 2.11. The molecule has 0 aliphatic heterocycles. The first-order valence-electron chi connectivity index (χ1n) is 4.35. The van der Waals surface area contributed by atoms with E-state index in [0.29, 0.717) is 3.57 Å². The van der Waals surface area contributed by atoms with Gasteiger partial charge in [-0.25, -0.2) is 4.39 Å². The summed E-state index contributed by atoms with van der Waals surface area (Å²) in [6.07, 6.45) is -5.22. The molecule has 90 valence electrons. The topological polar surface area (TPSA) is 38.0 Å². The maximum Gasteiger partial charge on any atom is 0.390 e. The highest BCUT2D eigenvalue weighted by atomic mass is 127. The van der Waals surface area contributed by atoms with E-state index >= 15 is 0 Å². The van der Waals surface area contributed by atoms with E-state index in [9.17, 15) is 17.6 Å². The van der Waals surface area contributed by atoms with Gasteiger partial charge < -0.3 is 11.1 Å². The fourth-order valence-corrected chi connectivity index (χ4v) is 1.55. The van der Waals surface area contributed by atoms with Gasteiger partial charge in [-0.15, -0.1) is 0 Å². The number of alkyl halides is 3. The van der Waals surface area contributed by atoms with Crippen LogP contribution in [0.5, 0.6) is 0 Å². The Morgan fingerprint density at radius 3 is 2.50 bits per heavy atom. The summed E-state index contributed by atoms with van der Waals surface area (Å²) < 4.78 is 49.0. The van der Waals surface area contributed by atoms with Gasteiger partial charge in [-0.1, -0.05) is 0 Å². The highest BCUT2D eigenvalue weighted by Crippen LogP contribution is 2.25. The van der Waals surface area contributed by atoms with Crippen LogP contribution < -0.4 is 11.1 Å². The third kappa shape index (κ3) is 4.03. The fourth-order valence-electron chi connectivity index (χ4n) is 1.05. The minimum absolute atomic E-state index is 0.183. The molecule has 2 nitrogen and oxygen atoms in total. The summed E-state index contributed by atoms with van der Waals surface area (Å²) >= 11 is 1.75. The summed E-state index contributed by atoms with van der Waals surface area (Å²) in [7, 11) is 0. The Balaban J connectivity index is 2.64. The summed E-state index contributed by atoms with van der Waals surface area (Å²) in [5, 5.41) is 2.45. The molecule has 0 atom stereocenters. The van der Waals surface area contributed by atoms with E-state index in [4.69, 9.17) is 5.73 Å². The molecule has 1 rings (SSSR count). The molecule has 0 amide bonds. The van der Waals surface area contributed by atoms with Crippen LogP contribution >= 0.6 is 22.6 Å². The van der Waals surface area contributed by atoms with Crippen LogP contribution in [0.15, 0.2) is 12.1 Å². The maximum absolute atomic E-state index is 13.1. The minimum atomic E-state index is -4.23. The van der Waals surface area contributed by atoms with Gasteiger partial charge in [0.1, 0.15) is 5.82 Å². The van der Waals surface area contributed by atoms with Gasteiger partial charge >= 0.3 is 6.18 Å². The molecule has 0 saturated heterocycles. The quantitative estimate of drug-likeness (QED) is 0.499. The number of anilines is 2. The molecule has 0 aliphatic rings. The van der Waals surface area contributed by atoms with E-state index in [0.717, 1.165) is 6.07 Å². The summed E-state index contributed by atoms with van der Waals surface area (Å²) in [4.78, 5) is 0. The van der Waals surface area contributed by atoms with Gasteiger partial charge in [0.25, 0.3) is 0 Å². The number of halogens is 5. The lowest BCUT2D eigenvalue weighted by molar-refractivity contribution is -0.131. The molecule has 16 heavy (non-hydrogen) atoms. The van der Waals surface area contributed by atoms with Crippen LogP contribution in [0.1, 0.15) is 6.42 Å². The molecule has 0 spiro atoms. The predicted octanol–water partition coefficient (Wildman–Crippen LogP) is 3.38. The zero-order chi connectivity index (χ0) is 12.3. The molecule has 0 unspecified atom stereocenters. The number of nitrogen functional groups attached to an aromatic ring is 1. The Morgan fingerprint density at radius 1 is 1.31 bits per heavy atom. The smallest absolute Gasteiger partial charge is 0.390 e. The lowest BCUT2D eigenvalue weighted by atomic mass is 10.2. The van der Waals surface area contributed by atoms with E-state index in [1.165, 1.54) is 6.07 Å². The van der Waals surface area contributed by atoms with Crippen LogP contribution in [0.25, 0.3) is 0 Å². The second-order valence-corrected chi connectivity index (χ2v) is 4.31. The van der Waals surface area contributed by atoms with E-state index in [2.05, 4.69) is 5.32 Å². The van der Waals surface area contributed by atoms with Crippen LogP contribution in [0.4, 0.5) is 28.9 Å². The third-order valence-corrected chi connectivity index (χ3v) is 2.64. The molecular weight excluding hydrogens is 339 g/mol. The minimum Gasteiger partial charge on any atom is -0.397 e. The van der Waals surface area contributed by atoms with Crippen molar-refractivity contribution in [3.8, 4) is 0 Å². The van der Waals surface area contributed by atoms with Gasteiger partial charge in [0.2, 0.25) is 0 Å². The molecular formula is C9H9F4IN2. The van der Waals surface area contributed by atoms with Crippen LogP contribution in [-0.4, -0.2) is 12.7 Å². The highest BCUT2D eigenvalue weighted by molar-refractivity contribution is 14.1. The number of hydrogen-bond acceptors (Lipinski definition) is 2. The van der Waals surface area contributed by atoms with Crippen molar-refractivity contribution in [3.05, 3.63) is 21.5 Å². The van der Waals surface area contributed by atoms with Crippen LogP contribution in [0, 0.1) is 9.39 Å². The van der Waals surface area contributed by atoms with E-state index in [1.807, 2.05) is 0 Å². The largest absolute Gasteiger partial charge is 0.397 e. The van der Waals surface area contributed by atoms with Gasteiger partial charge in [-0.05, 0) is 28.7 Å². The first-order chi connectivity index (χ1) is 7.29. The second kappa shape index (κ2) is 5.07. The van der Waals surface area contributed by atoms with Crippen molar-refractivity contribution in [2.24, 2.45) is 0 Å². The fraction of sp³-hybridized carbons (Fsp3) is 0.333. The lowest BCUT2D eigenvalue weighted by Gasteiger charge is -2.11. The molecule has 0 radical (unpaired) electrons. The predicted molar refractivity (Wildman–Crippen MR) is 62.7 cm³/mol. The molecule has 0 heterocycles. The van der Waals surface area contributed by atoms with Crippen molar-refractivity contribution in [2.45, 2.75) is 12.6 Å². The van der Waals surface area contributed by atoms with E-state index in [1.54, 1.807) is 22.6 Å². The van der Waals surface area contributed by atoms with Crippen molar-refractivity contribution in [1.82, 2.24) is 0 Å². The van der Waals surface area contributed by atoms with Crippen molar-refractivity contribution in [3.63, 3.8) is 0 Å². The van der Waals surface area contributed by atoms with Crippen molar-refractivity contribution in [2.75, 3.05) is 17.6 Å². The summed E-state index contributed by atoms with van der Waals surface area (Å²) in [6.45, 7) is -0.326. The Bertz CT molecular complexity index is 379. The van der Waals surface area contributed by atoms with Crippen molar-refractivity contribution in [1.29, 1.82) is 0 Å². The highest BCUT2D eigenvalue weighted by Gasteiger charge is 2.26. The normalized spacial score (nSPS) is 11.6. The molecule has 0 bridgehead atoms. The number of hydrogen-bond donors (Lipinski definition) is 2. The van der Waals surface area contributed by atoms with Gasteiger partial charge in [0.15, 0.2) is 0 Å². The Hall–Kier alpha value is -0.730. The Kier molecular flexibility index (Phi) is 4.22. The molecule has 1 aromatic rings. The average molecular weight is 348 g/mol. The zero-order valence-corrected chi connectivity index (χ0v) is 10.2. The molecule has 3 N–H and O–H groups in total. The van der Waals surface area contributed by atoms with E-state index in [-0.39, 0.29) is 17.9 Å². The molecule has 7 heteroatoms. The van der Waals surface area contributed by atoms with Crippen molar-refractivity contribution >= 4 is 34.0 Å². The van der Waals surface area contributed by atoms with Gasteiger partial charge in [0, 0.05) is 12.6 Å². The number of benzene rings is 1. The Morgan fingerprint density at radius 2 is 1.94 bits per heavy atom. The second-order valence-electron chi connectivity index (χ2n) is 3.15. The number of nitrogens with one attached hydrogen (secondary N) is 1. The van der Waals surface area contributed by atoms with Gasteiger partial charge in [-0.3, -0.25) is 0 Å². The molecule has 0 aromatic heterocycles. The van der Waals surface area contributed by atoms with Gasteiger partial charge in [-0.2, -0.15) is 13.2 Å². The third-order valence-electron chi connectivity index (χ3n) is 1.82. The van der Waals surface area contributed by atoms with Crippen LogP contribution in [0.3, 0.4) is 0 Å². The number of nitrogens with two attached hydrogens (primary N) is 1. The maximum atomic E-state index is 13.1. The summed E-state index contributed by atoms with van der Waals surface area (Å²) in [5.41, 5.74) is 5.94. The van der Waals surface area contributed by atoms with Crippen LogP contribution in [0.2, 0.25) is 0 Å². The molecule has 0 aliphatic carbocycles.